The first-order valence-corrected chi connectivity index (χ1v) is 9.62. The van der Waals surface area contributed by atoms with Crippen LogP contribution in [0.1, 0.15) is 51.6 Å². The van der Waals surface area contributed by atoms with Crippen molar-refractivity contribution in [2.45, 2.75) is 56.4 Å². The molecular formula is C17H25BrN4O3. The van der Waals surface area contributed by atoms with E-state index in [2.05, 4.69) is 26.1 Å². The number of piperidine rings is 1. The minimum atomic E-state index is -0.470. The van der Waals surface area contributed by atoms with Crippen molar-refractivity contribution in [3.05, 3.63) is 11.8 Å². The van der Waals surface area contributed by atoms with E-state index in [1.54, 1.807) is 9.80 Å². The van der Waals surface area contributed by atoms with Gasteiger partial charge in [-0.2, -0.15) is 5.10 Å². The molecular weight excluding hydrogens is 388 g/mol. The van der Waals surface area contributed by atoms with Gasteiger partial charge in [0.1, 0.15) is 5.60 Å². The van der Waals surface area contributed by atoms with E-state index in [0.717, 1.165) is 18.5 Å². The maximum absolute atomic E-state index is 12.1. The van der Waals surface area contributed by atoms with Crippen LogP contribution in [0.25, 0.3) is 0 Å². The molecule has 3 heterocycles. The molecule has 0 saturated carbocycles. The van der Waals surface area contributed by atoms with Gasteiger partial charge in [0.25, 0.3) is 0 Å². The predicted molar refractivity (Wildman–Crippen MR) is 98.1 cm³/mol. The fraction of sp³-hybridized carbons (Fsp3) is 0.706. The van der Waals surface area contributed by atoms with Crippen molar-refractivity contribution in [2.24, 2.45) is 0 Å². The minimum absolute atomic E-state index is 0.0969. The van der Waals surface area contributed by atoms with Crippen molar-refractivity contribution < 1.29 is 14.3 Å². The second kappa shape index (κ2) is 6.97. The van der Waals surface area contributed by atoms with Crippen LogP contribution in [0.4, 0.5) is 10.6 Å². The third-order valence-corrected chi connectivity index (χ3v) is 5.14. The Morgan fingerprint density at radius 3 is 2.60 bits per heavy atom. The number of carbonyl (C=O) groups excluding carboxylic acids is 2. The van der Waals surface area contributed by atoms with Gasteiger partial charge in [-0.15, -0.1) is 0 Å². The number of halogens is 1. The zero-order valence-electron chi connectivity index (χ0n) is 14.9. The molecule has 0 aromatic carbocycles. The number of alkyl halides is 1. The van der Waals surface area contributed by atoms with Gasteiger partial charge in [0, 0.05) is 48.6 Å². The van der Waals surface area contributed by atoms with Gasteiger partial charge in [0.15, 0.2) is 5.82 Å². The molecule has 2 aliphatic rings. The number of amides is 2. The zero-order valence-corrected chi connectivity index (χ0v) is 16.5. The summed E-state index contributed by atoms with van der Waals surface area (Å²) in [4.78, 5) is 27.8. The van der Waals surface area contributed by atoms with E-state index in [1.165, 1.54) is 0 Å². The Morgan fingerprint density at radius 2 is 2.04 bits per heavy atom. The molecule has 2 saturated heterocycles. The van der Waals surface area contributed by atoms with Gasteiger partial charge < -0.3 is 9.64 Å². The summed E-state index contributed by atoms with van der Waals surface area (Å²) in [6.45, 7) is 7.61. The molecule has 1 unspecified atom stereocenters. The number of rotatable bonds is 2. The van der Waals surface area contributed by atoms with Crippen LogP contribution in [0.3, 0.4) is 0 Å². The topological polar surface area (TPSA) is 78.5 Å². The highest BCUT2D eigenvalue weighted by molar-refractivity contribution is 9.09. The number of anilines is 1. The van der Waals surface area contributed by atoms with E-state index in [0.29, 0.717) is 37.8 Å². The van der Waals surface area contributed by atoms with Crippen LogP contribution in [0.2, 0.25) is 0 Å². The Labute approximate surface area is 156 Å². The Morgan fingerprint density at radius 1 is 1.36 bits per heavy atom. The number of H-pyrrole nitrogens is 1. The molecule has 7 nitrogen and oxygen atoms in total. The maximum Gasteiger partial charge on any atom is 0.410 e. The summed E-state index contributed by atoms with van der Waals surface area (Å²) in [6.07, 6.45) is 1.98. The standard InChI is InChI=1S/C17H25BrN4O3/c1-17(2,3)25-16(24)21-6-4-11(5-7-21)13-9-14(20-19-13)22-10-12(18)8-15(22)23/h9,11-12H,4-8,10H2,1-3H3,(H,19,20). The predicted octanol–water partition coefficient (Wildman–Crippen LogP) is 3.02. The highest BCUT2D eigenvalue weighted by atomic mass is 79.9. The third-order valence-electron chi connectivity index (χ3n) is 4.53. The Bertz CT molecular complexity index is 647. The number of nitrogens with one attached hydrogen (secondary N) is 1. The number of carbonyl (C=O) groups is 2. The lowest BCUT2D eigenvalue weighted by Crippen LogP contribution is -2.41. The van der Waals surface area contributed by atoms with E-state index in [-0.39, 0.29) is 16.8 Å². The van der Waals surface area contributed by atoms with Crippen LogP contribution < -0.4 is 4.90 Å². The molecule has 1 N–H and O–H groups in total. The van der Waals surface area contributed by atoms with E-state index in [9.17, 15) is 9.59 Å². The molecule has 1 aromatic rings. The van der Waals surface area contributed by atoms with Gasteiger partial charge in [-0.05, 0) is 33.6 Å². The first-order chi connectivity index (χ1) is 11.7. The average Bonchev–Trinajstić information content (AvgIpc) is 3.12. The summed E-state index contributed by atoms with van der Waals surface area (Å²) in [7, 11) is 0. The molecule has 0 aliphatic carbocycles. The van der Waals surface area contributed by atoms with Crippen molar-refractivity contribution in [3.8, 4) is 0 Å². The van der Waals surface area contributed by atoms with E-state index < -0.39 is 5.60 Å². The van der Waals surface area contributed by atoms with Crippen LogP contribution in [-0.2, 0) is 9.53 Å². The number of ether oxygens (including phenoxy) is 1. The molecule has 1 aromatic heterocycles. The number of aromatic nitrogens is 2. The van der Waals surface area contributed by atoms with E-state index >= 15 is 0 Å². The van der Waals surface area contributed by atoms with Crippen LogP contribution in [-0.4, -0.2) is 57.2 Å². The number of likely N-dealkylation sites (tertiary alicyclic amines) is 1. The number of aromatic amines is 1. The molecule has 25 heavy (non-hydrogen) atoms. The summed E-state index contributed by atoms with van der Waals surface area (Å²) >= 11 is 3.49. The first-order valence-electron chi connectivity index (χ1n) is 8.70. The van der Waals surface area contributed by atoms with Gasteiger partial charge in [-0.3, -0.25) is 14.8 Å². The molecule has 138 valence electrons. The zero-order chi connectivity index (χ0) is 18.2. The number of hydrogen-bond acceptors (Lipinski definition) is 4. The molecule has 1 atom stereocenters. The molecule has 3 rings (SSSR count). The third kappa shape index (κ3) is 4.34. The highest BCUT2D eigenvalue weighted by Gasteiger charge is 2.32. The van der Waals surface area contributed by atoms with Crippen LogP contribution in [0.15, 0.2) is 6.07 Å². The number of nitrogens with zero attached hydrogens (tertiary/aromatic N) is 3. The monoisotopic (exact) mass is 412 g/mol. The summed E-state index contributed by atoms with van der Waals surface area (Å²) in [5.41, 5.74) is 0.562. The molecule has 2 fully saturated rings. The van der Waals surface area contributed by atoms with Crippen molar-refractivity contribution in [2.75, 3.05) is 24.5 Å². The molecule has 2 amide bonds. The second-order valence-electron chi connectivity index (χ2n) is 7.73. The van der Waals surface area contributed by atoms with Crippen LogP contribution in [0, 0.1) is 0 Å². The first kappa shape index (κ1) is 18.2. The molecule has 0 spiro atoms. The quantitative estimate of drug-likeness (QED) is 0.757. The Hall–Kier alpha value is -1.57. The highest BCUT2D eigenvalue weighted by Crippen LogP contribution is 2.31. The largest absolute Gasteiger partial charge is 0.444 e. The molecule has 2 aliphatic heterocycles. The summed E-state index contributed by atoms with van der Waals surface area (Å²) in [5.74, 6) is 1.11. The van der Waals surface area contributed by atoms with Gasteiger partial charge in [0.2, 0.25) is 5.91 Å². The lowest BCUT2D eigenvalue weighted by atomic mass is 9.94. The van der Waals surface area contributed by atoms with Gasteiger partial charge in [-0.1, -0.05) is 15.9 Å². The molecule has 0 bridgehead atoms. The second-order valence-corrected chi connectivity index (χ2v) is 9.02. The lowest BCUT2D eigenvalue weighted by Gasteiger charge is -2.33. The van der Waals surface area contributed by atoms with Gasteiger partial charge in [-0.25, -0.2) is 4.79 Å². The summed E-state index contributed by atoms with van der Waals surface area (Å²) in [6, 6.07) is 1.97. The summed E-state index contributed by atoms with van der Waals surface area (Å²) in [5, 5.41) is 7.39. The van der Waals surface area contributed by atoms with Crippen LogP contribution >= 0.6 is 15.9 Å². The smallest absolute Gasteiger partial charge is 0.410 e. The lowest BCUT2D eigenvalue weighted by molar-refractivity contribution is -0.117. The van der Waals surface area contributed by atoms with Crippen molar-refractivity contribution in [1.29, 1.82) is 0 Å². The molecule has 0 radical (unpaired) electrons. The Kier molecular flexibility index (Phi) is 5.09. The maximum atomic E-state index is 12.1. The van der Waals surface area contributed by atoms with E-state index in [4.69, 9.17) is 4.74 Å². The number of hydrogen-bond donors (Lipinski definition) is 1. The van der Waals surface area contributed by atoms with Gasteiger partial charge in [0.05, 0.1) is 0 Å². The normalized spacial score (nSPS) is 22.6. The Balaban J connectivity index is 1.57. The van der Waals surface area contributed by atoms with Crippen molar-refractivity contribution >= 4 is 33.7 Å². The van der Waals surface area contributed by atoms with E-state index in [1.807, 2.05) is 26.8 Å². The SMILES string of the molecule is CC(C)(C)OC(=O)N1CCC(c2cc(N3CC(Br)CC3=O)n[nH]2)CC1. The fourth-order valence-corrected chi connectivity index (χ4v) is 3.82. The fourth-order valence-electron chi connectivity index (χ4n) is 3.26. The van der Waals surface area contributed by atoms with Crippen molar-refractivity contribution in [1.82, 2.24) is 15.1 Å². The average molecular weight is 413 g/mol. The van der Waals surface area contributed by atoms with Crippen LogP contribution in [0.5, 0.6) is 0 Å². The molecule has 8 heteroatoms. The van der Waals surface area contributed by atoms with Crippen molar-refractivity contribution in [3.63, 3.8) is 0 Å². The summed E-state index contributed by atoms with van der Waals surface area (Å²) < 4.78 is 5.43. The van der Waals surface area contributed by atoms with Gasteiger partial charge >= 0.3 is 6.09 Å². The minimum Gasteiger partial charge on any atom is -0.444 e.